The number of amides is 1. The number of rotatable bonds is 5. The fourth-order valence-electron chi connectivity index (χ4n) is 3.07. The smallest absolute Gasteiger partial charge is 0.267 e. The van der Waals surface area contributed by atoms with Crippen molar-refractivity contribution in [2.24, 2.45) is 0 Å². The number of benzene rings is 2. The number of para-hydroxylation sites is 1. The van der Waals surface area contributed by atoms with E-state index in [-0.39, 0.29) is 5.57 Å². The van der Waals surface area contributed by atoms with Gasteiger partial charge in [-0.25, -0.2) is 4.68 Å². The summed E-state index contributed by atoms with van der Waals surface area (Å²) < 4.78 is 7.39. The molecule has 0 aliphatic heterocycles. The number of aromatic nitrogens is 2. The Balaban J connectivity index is 1.59. The lowest BCUT2D eigenvalue weighted by Gasteiger charge is -2.08. The van der Waals surface area contributed by atoms with Crippen LogP contribution in [0.1, 0.15) is 11.5 Å². The van der Waals surface area contributed by atoms with Gasteiger partial charge in [0.05, 0.1) is 16.4 Å². The summed E-state index contributed by atoms with van der Waals surface area (Å²) in [5, 5.41) is 17.3. The lowest BCUT2D eigenvalue weighted by atomic mass is 10.2. The van der Waals surface area contributed by atoms with Crippen LogP contribution in [0.2, 0.25) is 5.02 Å². The van der Waals surface area contributed by atoms with Gasteiger partial charge >= 0.3 is 0 Å². The molecule has 6 nitrogen and oxygen atoms in total. The molecular weight excluding hydrogens is 412 g/mol. The Hall–Kier alpha value is -4.08. The molecule has 2 heterocycles. The zero-order valence-corrected chi connectivity index (χ0v) is 17.3. The van der Waals surface area contributed by atoms with Gasteiger partial charge in [0.2, 0.25) is 0 Å². The van der Waals surface area contributed by atoms with E-state index in [0.717, 1.165) is 16.9 Å². The van der Waals surface area contributed by atoms with Crippen LogP contribution in [0.4, 0.5) is 5.82 Å². The van der Waals surface area contributed by atoms with Crippen molar-refractivity contribution in [3.05, 3.63) is 94.8 Å². The summed E-state index contributed by atoms with van der Waals surface area (Å²) in [5.74, 6) is 0.822. The van der Waals surface area contributed by atoms with Gasteiger partial charge in [-0.15, -0.1) is 0 Å². The molecule has 4 aromatic rings. The summed E-state index contributed by atoms with van der Waals surface area (Å²) in [6, 6.07) is 23.8. The summed E-state index contributed by atoms with van der Waals surface area (Å²) in [7, 11) is 0. The van der Waals surface area contributed by atoms with Gasteiger partial charge in [0.15, 0.2) is 0 Å². The summed E-state index contributed by atoms with van der Waals surface area (Å²) in [5.41, 5.74) is 2.16. The van der Waals surface area contributed by atoms with Crippen molar-refractivity contribution in [1.29, 1.82) is 5.26 Å². The molecule has 152 valence electrons. The van der Waals surface area contributed by atoms with Crippen LogP contribution in [0.3, 0.4) is 0 Å². The van der Waals surface area contributed by atoms with E-state index < -0.39 is 5.91 Å². The summed E-state index contributed by atoms with van der Waals surface area (Å²) in [4.78, 5) is 12.8. The maximum absolute atomic E-state index is 12.8. The minimum Gasteiger partial charge on any atom is -0.457 e. The fourth-order valence-corrected chi connectivity index (χ4v) is 3.29. The zero-order valence-electron chi connectivity index (χ0n) is 16.5. The SMILES string of the molecule is Cc1cc(NC(=O)C(C#N)=Cc2ccc(-c3ccccc3Cl)o2)n(-c2ccccc2)n1. The van der Waals surface area contributed by atoms with Crippen LogP contribution in [-0.4, -0.2) is 15.7 Å². The van der Waals surface area contributed by atoms with Gasteiger partial charge in [0, 0.05) is 17.7 Å². The van der Waals surface area contributed by atoms with Gasteiger partial charge in [0.25, 0.3) is 5.91 Å². The van der Waals surface area contributed by atoms with Gasteiger partial charge in [0.1, 0.15) is 29.0 Å². The Morgan fingerprint density at radius 3 is 2.61 bits per heavy atom. The molecule has 0 fully saturated rings. The van der Waals surface area contributed by atoms with Crippen molar-refractivity contribution in [3.8, 4) is 23.1 Å². The summed E-state index contributed by atoms with van der Waals surface area (Å²) >= 11 is 6.21. The third-order valence-corrected chi connectivity index (χ3v) is 4.82. The number of halogens is 1. The molecule has 31 heavy (non-hydrogen) atoms. The number of furan rings is 1. The highest BCUT2D eigenvalue weighted by Gasteiger charge is 2.16. The van der Waals surface area contributed by atoms with E-state index in [1.54, 1.807) is 28.9 Å². The van der Waals surface area contributed by atoms with Crippen LogP contribution in [0.15, 0.2) is 82.8 Å². The van der Waals surface area contributed by atoms with Crippen molar-refractivity contribution in [1.82, 2.24) is 9.78 Å². The molecule has 0 atom stereocenters. The van der Waals surface area contributed by atoms with Crippen LogP contribution >= 0.6 is 11.6 Å². The monoisotopic (exact) mass is 428 g/mol. The normalized spacial score (nSPS) is 11.2. The molecule has 1 amide bonds. The van der Waals surface area contributed by atoms with Crippen LogP contribution in [0, 0.1) is 18.3 Å². The Kier molecular flexibility index (Phi) is 5.69. The second kappa shape index (κ2) is 8.74. The quantitative estimate of drug-likeness (QED) is 0.329. The number of hydrogen-bond donors (Lipinski definition) is 1. The van der Waals surface area contributed by atoms with Crippen molar-refractivity contribution >= 4 is 29.4 Å². The van der Waals surface area contributed by atoms with Gasteiger partial charge in [-0.05, 0) is 43.3 Å². The molecule has 0 aliphatic carbocycles. The van der Waals surface area contributed by atoms with Gasteiger partial charge in [-0.1, -0.05) is 41.9 Å². The first-order valence-electron chi connectivity index (χ1n) is 9.45. The van der Waals surface area contributed by atoms with E-state index in [9.17, 15) is 10.1 Å². The Morgan fingerprint density at radius 1 is 1.13 bits per heavy atom. The van der Waals surface area contributed by atoms with Crippen LogP contribution in [0.25, 0.3) is 23.1 Å². The minimum atomic E-state index is -0.560. The molecule has 0 saturated carbocycles. The molecule has 0 radical (unpaired) electrons. The third-order valence-electron chi connectivity index (χ3n) is 4.49. The number of nitrogens with zero attached hydrogens (tertiary/aromatic N) is 3. The first-order valence-corrected chi connectivity index (χ1v) is 9.83. The Labute approximate surface area is 184 Å². The molecular formula is C24H17ClN4O2. The van der Waals surface area contributed by atoms with Gasteiger partial charge in [-0.3, -0.25) is 4.79 Å². The van der Waals surface area contributed by atoms with Gasteiger partial charge in [-0.2, -0.15) is 10.4 Å². The van der Waals surface area contributed by atoms with Crippen molar-refractivity contribution in [2.75, 3.05) is 5.32 Å². The number of carbonyl (C=O) groups is 1. The fraction of sp³-hybridized carbons (Fsp3) is 0.0417. The minimum absolute atomic E-state index is 0.0986. The lowest BCUT2D eigenvalue weighted by Crippen LogP contribution is -2.16. The van der Waals surface area contributed by atoms with Crippen molar-refractivity contribution in [2.45, 2.75) is 6.92 Å². The molecule has 2 aromatic heterocycles. The highest BCUT2D eigenvalue weighted by Crippen LogP contribution is 2.29. The zero-order chi connectivity index (χ0) is 21.8. The molecule has 4 rings (SSSR count). The molecule has 2 aromatic carbocycles. The van der Waals surface area contributed by atoms with Crippen LogP contribution < -0.4 is 5.32 Å². The highest BCUT2D eigenvalue weighted by atomic mass is 35.5. The number of anilines is 1. The summed E-state index contributed by atoms with van der Waals surface area (Å²) in [6.45, 7) is 1.83. The van der Waals surface area contributed by atoms with E-state index in [0.29, 0.717) is 22.4 Å². The van der Waals surface area contributed by atoms with Gasteiger partial charge < -0.3 is 9.73 Å². The van der Waals surface area contributed by atoms with E-state index in [2.05, 4.69) is 10.4 Å². The van der Waals surface area contributed by atoms with E-state index in [4.69, 9.17) is 16.0 Å². The van der Waals surface area contributed by atoms with Crippen molar-refractivity contribution < 1.29 is 9.21 Å². The van der Waals surface area contributed by atoms with Crippen molar-refractivity contribution in [3.63, 3.8) is 0 Å². The predicted octanol–water partition coefficient (Wildman–Crippen LogP) is 5.64. The van der Waals surface area contributed by atoms with Crippen LogP contribution in [0.5, 0.6) is 0 Å². The number of hydrogen-bond acceptors (Lipinski definition) is 4. The number of aryl methyl sites for hydroxylation is 1. The van der Waals surface area contributed by atoms with Crippen LogP contribution in [-0.2, 0) is 4.79 Å². The second-order valence-corrected chi connectivity index (χ2v) is 7.13. The highest BCUT2D eigenvalue weighted by molar-refractivity contribution is 6.33. The maximum atomic E-state index is 12.8. The molecule has 0 saturated heterocycles. The molecule has 7 heteroatoms. The number of nitrogens with one attached hydrogen (secondary N) is 1. The molecule has 0 spiro atoms. The first kappa shape index (κ1) is 20.2. The largest absolute Gasteiger partial charge is 0.457 e. The predicted molar refractivity (Wildman–Crippen MR) is 120 cm³/mol. The second-order valence-electron chi connectivity index (χ2n) is 6.72. The van der Waals surface area contributed by atoms with E-state index in [1.165, 1.54) is 6.08 Å². The molecule has 1 N–H and O–H groups in total. The summed E-state index contributed by atoms with van der Waals surface area (Å²) in [6.07, 6.45) is 1.39. The number of carbonyl (C=O) groups excluding carboxylic acids is 1. The molecule has 0 unspecified atom stereocenters. The average Bonchev–Trinajstić information content (AvgIpc) is 3.39. The maximum Gasteiger partial charge on any atom is 0.267 e. The number of nitriles is 1. The molecule has 0 bridgehead atoms. The standard InChI is InChI=1S/C24H17ClN4O2/c1-16-13-23(29(28-16)18-7-3-2-4-8-18)27-24(30)17(15-26)14-19-11-12-22(31-19)20-9-5-6-10-21(20)25/h2-14H,1H3,(H,27,30). The average molecular weight is 429 g/mol. The van der Waals surface area contributed by atoms with E-state index in [1.807, 2.05) is 61.5 Å². The topological polar surface area (TPSA) is 83.9 Å². The molecule has 0 aliphatic rings. The third kappa shape index (κ3) is 4.42. The van der Waals surface area contributed by atoms with E-state index >= 15 is 0 Å². The lowest BCUT2D eigenvalue weighted by molar-refractivity contribution is -0.112. The Morgan fingerprint density at radius 2 is 1.87 bits per heavy atom. The first-order chi connectivity index (χ1) is 15.0. The Bertz CT molecular complexity index is 1310.